The molecule has 1 unspecified atom stereocenters. The monoisotopic (exact) mass is 177 g/mol. The quantitative estimate of drug-likeness (QED) is 0.518. The fourth-order valence-electron chi connectivity index (χ4n) is 0.637. The van der Waals surface area contributed by atoms with Crippen LogP contribution in [0, 0.1) is 0 Å². The summed E-state index contributed by atoms with van der Waals surface area (Å²) >= 11 is 5.58. The lowest BCUT2D eigenvalue weighted by Crippen LogP contribution is -2.00. The molecule has 0 saturated carbocycles. The zero-order chi connectivity index (χ0) is 6.69. The molecule has 0 fully saturated rings. The highest BCUT2D eigenvalue weighted by Gasteiger charge is 1.96. The largest absolute Gasteiger partial charge is 0.312 e. The summed E-state index contributed by atoms with van der Waals surface area (Å²) in [4.78, 5) is 0. The van der Waals surface area contributed by atoms with E-state index in [0.717, 1.165) is 5.56 Å². The fraction of sp³-hybridized carbons (Fsp3) is 0.143. The maximum absolute atomic E-state index is 5.58. The first-order valence-corrected chi connectivity index (χ1v) is 3.19. The van der Waals surface area contributed by atoms with Crippen LogP contribution in [0.25, 0.3) is 0 Å². The number of rotatable bonds is 1. The Bertz CT molecular complexity index is 174. The van der Waals surface area contributed by atoms with E-state index in [-0.39, 0.29) is 17.9 Å². The Hall–Kier alpha value is -0.240. The van der Waals surface area contributed by atoms with Gasteiger partial charge in [0.1, 0.15) is 5.50 Å². The molecule has 1 nitrogen and oxygen atoms in total. The van der Waals surface area contributed by atoms with E-state index in [1.54, 1.807) is 0 Å². The molecule has 0 bridgehead atoms. The molecule has 1 rings (SSSR count). The minimum Gasteiger partial charge on any atom is -0.312 e. The Kier molecular flexibility index (Phi) is 4.45. The lowest BCUT2D eigenvalue weighted by molar-refractivity contribution is 1.02. The zero-order valence-corrected chi connectivity index (χ0v) is 6.90. The summed E-state index contributed by atoms with van der Waals surface area (Å²) in [5.41, 5.74) is 5.97. The van der Waals surface area contributed by atoms with Crippen molar-refractivity contribution in [3.8, 4) is 0 Å². The number of alkyl halides is 1. The van der Waals surface area contributed by atoms with Crippen molar-refractivity contribution in [2.45, 2.75) is 5.50 Å². The first-order valence-electron chi connectivity index (χ1n) is 2.75. The van der Waals surface area contributed by atoms with E-state index >= 15 is 0 Å². The summed E-state index contributed by atoms with van der Waals surface area (Å²) in [6.07, 6.45) is 0. The van der Waals surface area contributed by atoms with Gasteiger partial charge in [0.05, 0.1) is 0 Å². The highest BCUT2D eigenvalue weighted by atomic mass is 35.5. The van der Waals surface area contributed by atoms with Gasteiger partial charge in [-0.25, -0.2) is 0 Å². The molecule has 0 radical (unpaired) electrons. The third-order valence-electron chi connectivity index (χ3n) is 1.12. The van der Waals surface area contributed by atoms with Crippen LogP contribution in [0.4, 0.5) is 0 Å². The molecule has 1 aromatic rings. The highest BCUT2D eigenvalue weighted by Crippen LogP contribution is 2.11. The van der Waals surface area contributed by atoms with Gasteiger partial charge < -0.3 is 5.73 Å². The van der Waals surface area contributed by atoms with Crippen LogP contribution >= 0.6 is 24.0 Å². The molecule has 0 saturated heterocycles. The number of hydrogen-bond donors (Lipinski definition) is 1. The molecule has 0 aliphatic heterocycles. The fourth-order valence-corrected chi connectivity index (χ4v) is 0.782. The van der Waals surface area contributed by atoms with E-state index in [1.165, 1.54) is 0 Å². The van der Waals surface area contributed by atoms with Crippen molar-refractivity contribution >= 4 is 24.0 Å². The predicted molar refractivity (Wildman–Crippen MR) is 46.5 cm³/mol. The van der Waals surface area contributed by atoms with E-state index in [1.807, 2.05) is 30.3 Å². The second kappa shape index (κ2) is 4.56. The first kappa shape index (κ1) is 9.76. The second-order valence-electron chi connectivity index (χ2n) is 1.81. The van der Waals surface area contributed by atoms with Crippen molar-refractivity contribution in [2.24, 2.45) is 5.73 Å². The number of halogens is 2. The Balaban J connectivity index is 0.000000810. The lowest BCUT2D eigenvalue weighted by atomic mass is 10.2. The molecule has 0 aliphatic rings. The molecule has 0 heterocycles. The van der Waals surface area contributed by atoms with Crippen molar-refractivity contribution in [3.63, 3.8) is 0 Å². The first-order chi connectivity index (χ1) is 4.30. The molecule has 0 aromatic heterocycles. The van der Waals surface area contributed by atoms with Gasteiger partial charge in [0.15, 0.2) is 0 Å². The van der Waals surface area contributed by atoms with Crippen LogP contribution in [0.2, 0.25) is 0 Å². The number of nitrogens with two attached hydrogens (primary N) is 1. The van der Waals surface area contributed by atoms with E-state index in [9.17, 15) is 0 Å². The van der Waals surface area contributed by atoms with Crippen molar-refractivity contribution in [2.75, 3.05) is 0 Å². The average molecular weight is 178 g/mol. The van der Waals surface area contributed by atoms with Crippen LogP contribution in [-0.2, 0) is 0 Å². The van der Waals surface area contributed by atoms with Gasteiger partial charge in [-0.05, 0) is 5.56 Å². The zero-order valence-electron chi connectivity index (χ0n) is 5.33. The summed E-state index contributed by atoms with van der Waals surface area (Å²) in [7, 11) is 0. The maximum Gasteiger partial charge on any atom is 0.106 e. The third kappa shape index (κ3) is 2.56. The lowest BCUT2D eigenvalue weighted by Gasteiger charge is -1.99. The Morgan fingerprint density at radius 2 is 1.70 bits per heavy atom. The summed E-state index contributed by atoms with van der Waals surface area (Å²) < 4.78 is 0. The van der Waals surface area contributed by atoms with Gasteiger partial charge in [-0.1, -0.05) is 30.3 Å². The molecule has 10 heavy (non-hydrogen) atoms. The van der Waals surface area contributed by atoms with Crippen molar-refractivity contribution in [3.05, 3.63) is 35.9 Å². The Morgan fingerprint density at radius 3 is 2.00 bits per heavy atom. The van der Waals surface area contributed by atoms with Gasteiger partial charge in [-0.2, -0.15) is 0 Å². The van der Waals surface area contributed by atoms with Crippen molar-refractivity contribution in [1.82, 2.24) is 0 Å². The molecular weight excluding hydrogens is 169 g/mol. The Labute approximate surface area is 71.6 Å². The third-order valence-corrected chi connectivity index (χ3v) is 1.37. The summed E-state index contributed by atoms with van der Waals surface area (Å²) in [5, 5.41) is 0. The number of benzene rings is 1. The van der Waals surface area contributed by atoms with Gasteiger partial charge in [-0.3, -0.25) is 0 Å². The summed E-state index contributed by atoms with van der Waals surface area (Å²) in [5.74, 6) is 0. The summed E-state index contributed by atoms with van der Waals surface area (Å²) in [6, 6.07) is 9.56. The maximum atomic E-state index is 5.58. The standard InChI is InChI=1S/C7H8ClN.ClH/c8-7(9)6-4-2-1-3-5-6;/h1-5,7H,9H2;1H. The van der Waals surface area contributed by atoms with Crippen molar-refractivity contribution in [1.29, 1.82) is 0 Å². The number of hydrogen-bond acceptors (Lipinski definition) is 1. The van der Waals surface area contributed by atoms with E-state index < -0.39 is 0 Å². The van der Waals surface area contributed by atoms with Crippen LogP contribution in [0.3, 0.4) is 0 Å². The molecular formula is C7H9Cl2N. The molecule has 0 spiro atoms. The molecule has 1 atom stereocenters. The van der Waals surface area contributed by atoms with E-state index in [4.69, 9.17) is 17.3 Å². The topological polar surface area (TPSA) is 26.0 Å². The second-order valence-corrected chi connectivity index (χ2v) is 2.28. The van der Waals surface area contributed by atoms with E-state index in [2.05, 4.69) is 0 Å². The Morgan fingerprint density at radius 1 is 1.20 bits per heavy atom. The van der Waals surface area contributed by atoms with Crippen LogP contribution < -0.4 is 5.73 Å². The van der Waals surface area contributed by atoms with Crippen LogP contribution in [-0.4, -0.2) is 0 Å². The molecule has 56 valence electrons. The van der Waals surface area contributed by atoms with Gasteiger partial charge in [0, 0.05) is 0 Å². The average Bonchev–Trinajstić information content (AvgIpc) is 1.90. The normalized spacial score (nSPS) is 11.8. The van der Waals surface area contributed by atoms with Crippen LogP contribution in [0.5, 0.6) is 0 Å². The molecule has 0 amide bonds. The molecule has 1 aromatic carbocycles. The smallest absolute Gasteiger partial charge is 0.106 e. The summed E-state index contributed by atoms with van der Waals surface area (Å²) in [6.45, 7) is 0. The molecule has 0 aliphatic carbocycles. The van der Waals surface area contributed by atoms with Gasteiger partial charge >= 0.3 is 0 Å². The molecule has 3 heteroatoms. The van der Waals surface area contributed by atoms with Crippen molar-refractivity contribution < 1.29 is 0 Å². The SMILES string of the molecule is Cl.NC(Cl)c1ccccc1. The van der Waals surface area contributed by atoms with Crippen LogP contribution in [0.1, 0.15) is 11.1 Å². The van der Waals surface area contributed by atoms with Gasteiger partial charge in [0.2, 0.25) is 0 Å². The van der Waals surface area contributed by atoms with E-state index in [0.29, 0.717) is 0 Å². The van der Waals surface area contributed by atoms with Crippen LogP contribution in [0.15, 0.2) is 30.3 Å². The predicted octanol–water partition coefficient (Wildman–Crippen LogP) is 2.30. The van der Waals surface area contributed by atoms with Gasteiger partial charge in [0.25, 0.3) is 0 Å². The highest BCUT2D eigenvalue weighted by molar-refractivity contribution is 6.20. The minimum absolute atomic E-state index is 0. The van der Waals surface area contributed by atoms with Gasteiger partial charge in [-0.15, -0.1) is 24.0 Å². The minimum atomic E-state index is -0.369. The molecule has 2 N–H and O–H groups in total.